The summed E-state index contributed by atoms with van der Waals surface area (Å²) in [6.07, 6.45) is 1.15. The number of carbonyl (C=O) groups excluding carboxylic acids is 2. The maximum absolute atomic E-state index is 13.2. The standard InChI is InChI=1S/C21H23N3O2/c1-21(16-10-4-2-5-11-16,17-12-6-3-7-13-17)20(26)24-18(19(23)25)14-8-9-15-22/h2-7,10-13,18H,8-9,14H2,1H3,(H2,23,25)(H,24,26)/t18-/m1/s1. The molecule has 26 heavy (non-hydrogen) atoms. The van der Waals surface area contributed by atoms with Crippen molar-refractivity contribution in [1.82, 2.24) is 5.32 Å². The van der Waals surface area contributed by atoms with Crippen molar-refractivity contribution in [3.8, 4) is 6.07 Å². The summed E-state index contributed by atoms with van der Waals surface area (Å²) in [5.74, 6) is -0.893. The first-order valence-corrected chi connectivity index (χ1v) is 8.58. The minimum atomic E-state index is -0.967. The van der Waals surface area contributed by atoms with Crippen LogP contribution >= 0.6 is 0 Å². The summed E-state index contributed by atoms with van der Waals surface area (Å²) in [6.45, 7) is 1.83. The number of benzene rings is 2. The topological polar surface area (TPSA) is 96.0 Å². The summed E-state index contributed by atoms with van der Waals surface area (Å²) < 4.78 is 0. The first-order chi connectivity index (χ1) is 12.5. The molecule has 0 unspecified atom stereocenters. The molecule has 5 nitrogen and oxygen atoms in total. The van der Waals surface area contributed by atoms with Crippen LogP contribution in [-0.4, -0.2) is 17.9 Å². The number of nitrogens with two attached hydrogens (primary N) is 1. The molecular weight excluding hydrogens is 326 g/mol. The first kappa shape index (κ1) is 19.2. The van der Waals surface area contributed by atoms with E-state index in [1.54, 1.807) is 0 Å². The number of hydrogen-bond donors (Lipinski definition) is 2. The molecule has 0 saturated carbocycles. The average Bonchev–Trinajstić information content (AvgIpc) is 2.67. The molecule has 0 aromatic heterocycles. The summed E-state index contributed by atoms with van der Waals surface area (Å²) in [5.41, 5.74) is 6.13. The molecule has 0 aliphatic heterocycles. The Hall–Kier alpha value is -3.13. The molecule has 0 radical (unpaired) electrons. The van der Waals surface area contributed by atoms with Gasteiger partial charge in [-0.05, 0) is 30.9 Å². The number of carbonyl (C=O) groups is 2. The number of nitrogens with zero attached hydrogens (tertiary/aromatic N) is 1. The molecule has 0 aliphatic carbocycles. The van der Waals surface area contributed by atoms with E-state index in [1.807, 2.05) is 73.7 Å². The highest BCUT2D eigenvalue weighted by Gasteiger charge is 2.38. The largest absolute Gasteiger partial charge is 0.368 e. The maximum Gasteiger partial charge on any atom is 0.240 e. The van der Waals surface area contributed by atoms with E-state index in [9.17, 15) is 9.59 Å². The number of rotatable bonds is 8. The lowest BCUT2D eigenvalue weighted by Gasteiger charge is -2.31. The Morgan fingerprint density at radius 3 is 2.00 bits per heavy atom. The Labute approximate surface area is 153 Å². The predicted molar refractivity (Wildman–Crippen MR) is 99.9 cm³/mol. The van der Waals surface area contributed by atoms with Gasteiger partial charge in [0.15, 0.2) is 0 Å². The molecule has 1 atom stereocenters. The highest BCUT2D eigenvalue weighted by Crippen LogP contribution is 2.32. The molecule has 2 aromatic rings. The van der Waals surface area contributed by atoms with Gasteiger partial charge in [0, 0.05) is 6.42 Å². The smallest absolute Gasteiger partial charge is 0.240 e. The molecule has 2 amide bonds. The Balaban J connectivity index is 2.35. The van der Waals surface area contributed by atoms with Crippen molar-refractivity contribution in [2.45, 2.75) is 37.6 Å². The predicted octanol–water partition coefficient (Wildman–Crippen LogP) is 2.66. The van der Waals surface area contributed by atoms with Gasteiger partial charge in [-0.1, -0.05) is 60.7 Å². The van der Waals surface area contributed by atoms with Gasteiger partial charge in [0.05, 0.1) is 11.5 Å². The van der Waals surface area contributed by atoms with Crippen LogP contribution in [0.5, 0.6) is 0 Å². The third kappa shape index (κ3) is 4.28. The highest BCUT2D eigenvalue weighted by molar-refractivity contribution is 5.95. The van der Waals surface area contributed by atoms with E-state index in [4.69, 9.17) is 11.0 Å². The van der Waals surface area contributed by atoms with Gasteiger partial charge in [0.2, 0.25) is 11.8 Å². The lowest BCUT2D eigenvalue weighted by atomic mass is 9.75. The molecule has 2 aromatic carbocycles. The second-order valence-corrected chi connectivity index (χ2v) is 6.34. The Morgan fingerprint density at radius 2 is 1.58 bits per heavy atom. The molecule has 134 valence electrons. The van der Waals surface area contributed by atoms with Crippen molar-refractivity contribution in [3.05, 3.63) is 71.8 Å². The number of unbranched alkanes of at least 4 members (excludes halogenated alkanes) is 1. The van der Waals surface area contributed by atoms with E-state index in [1.165, 1.54) is 0 Å². The fourth-order valence-electron chi connectivity index (χ4n) is 2.95. The normalized spacial score (nSPS) is 12.0. The Bertz CT molecular complexity index is 742. The molecule has 0 fully saturated rings. The van der Waals surface area contributed by atoms with E-state index in [2.05, 4.69) is 5.32 Å². The van der Waals surface area contributed by atoms with Gasteiger partial charge in [-0.2, -0.15) is 5.26 Å². The number of hydrogen-bond acceptors (Lipinski definition) is 3. The van der Waals surface area contributed by atoms with E-state index >= 15 is 0 Å². The molecule has 0 heterocycles. The Morgan fingerprint density at radius 1 is 1.08 bits per heavy atom. The molecule has 0 saturated heterocycles. The van der Waals surface area contributed by atoms with Gasteiger partial charge in [-0.25, -0.2) is 0 Å². The SMILES string of the molecule is CC(C(=O)N[C@H](CCCC#N)C(N)=O)(c1ccccc1)c1ccccc1. The van der Waals surface area contributed by atoms with E-state index in [-0.39, 0.29) is 5.91 Å². The monoisotopic (exact) mass is 349 g/mol. The van der Waals surface area contributed by atoms with Crippen LogP contribution in [-0.2, 0) is 15.0 Å². The van der Waals surface area contributed by atoms with Crippen LogP contribution in [0.25, 0.3) is 0 Å². The first-order valence-electron chi connectivity index (χ1n) is 8.58. The third-order valence-electron chi connectivity index (χ3n) is 4.59. The van der Waals surface area contributed by atoms with Crippen LogP contribution in [0.15, 0.2) is 60.7 Å². The van der Waals surface area contributed by atoms with Gasteiger partial charge in [-0.15, -0.1) is 0 Å². The van der Waals surface area contributed by atoms with Gasteiger partial charge < -0.3 is 11.1 Å². The van der Waals surface area contributed by atoms with E-state index < -0.39 is 17.4 Å². The van der Waals surface area contributed by atoms with Gasteiger partial charge >= 0.3 is 0 Å². The summed E-state index contributed by atoms with van der Waals surface area (Å²) in [6, 6.07) is 20.1. The number of nitrogens with one attached hydrogen (secondary N) is 1. The van der Waals surface area contributed by atoms with Crippen molar-refractivity contribution in [2.75, 3.05) is 0 Å². The van der Waals surface area contributed by atoms with Crippen LogP contribution in [0, 0.1) is 11.3 Å². The summed E-state index contributed by atoms with van der Waals surface area (Å²) >= 11 is 0. The molecule has 2 rings (SSSR count). The zero-order valence-electron chi connectivity index (χ0n) is 14.8. The lowest BCUT2D eigenvalue weighted by Crippen LogP contribution is -2.51. The zero-order chi connectivity index (χ0) is 19.0. The molecule has 0 bridgehead atoms. The second kappa shape index (κ2) is 8.82. The maximum atomic E-state index is 13.2. The fraction of sp³-hybridized carbons (Fsp3) is 0.286. The van der Waals surface area contributed by atoms with Crippen LogP contribution in [0.2, 0.25) is 0 Å². The van der Waals surface area contributed by atoms with Crippen molar-refractivity contribution in [3.63, 3.8) is 0 Å². The second-order valence-electron chi connectivity index (χ2n) is 6.34. The van der Waals surface area contributed by atoms with Crippen molar-refractivity contribution in [1.29, 1.82) is 5.26 Å². The molecule has 0 aliphatic rings. The van der Waals surface area contributed by atoms with Crippen molar-refractivity contribution >= 4 is 11.8 Å². The summed E-state index contributed by atoms with van der Waals surface area (Å²) in [5, 5.41) is 11.5. The quantitative estimate of drug-likeness (QED) is 0.717. The number of nitriles is 1. The number of primary amides is 1. The molecule has 0 spiro atoms. The van der Waals surface area contributed by atoms with Crippen LogP contribution in [0.1, 0.15) is 37.3 Å². The average molecular weight is 349 g/mol. The number of amides is 2. The van der Waals surface area contributed by atoms with E-state index in [0.29, 0.717) is 19.3 Å². The minimum absolute atomic E-state index is 0.296. The zero-order valence-corrected chi connectivity index (χ0v) is 14.8. The third-order valence-corrected chi connectivity index (χ3v) is 4.59. The van der Waals surface area contributed by atoms with Gasteiger partial charge in [0.25, 0.3) is 0 Å². The summed E-state index contributed by atoms with van der Waals surface area (Å²) in [4.78, 5) is 25.0. The van der Waals surface area contributed by atoms with Crippen LogP contribution < -0.4 is 11.1 Å². The van der Waals surface area contributed by atoms with Crippen LogP contribution in [0.4, 0.5) is 0 Å². The van der Waals surface area contributed by atoms with Crippen molar-refractivity contribution < 1.29 is 9.59 Å². The fourth-order valence-corrected chi connectivity index (χ4v) is 2.95. The van der Waals surface area contributed by atoms with Gasteiger partial charge in [0.1, 0.15) is 6.04 Å². The van der Waals surface area contributed by atoms with Gasteiger partial charge in [-0.3, -0.25) is 9.59 Å². The summed E-state index contributed by atoms with van der Waals surface area (Å²) in [7, 11) is 0. The lowest BCUT2D eigenvalue weighted by molar-refractivity contribution is -0.130. The highest BCUT2D eigenvalue weighted by atomic mass is 16.2. The minimum Gasteiger partial charge on any atom is -0.368 e. The van der Waals surface area contributed by atoms with Crippen molar-refractivity contribution in [2.24, 2.45) is 5.73 Å². The van der Waals surface area contributed by atoms with E-state index in [0.717, 1.165) is 11.1 Å². The van der Waals surface area contributed by atoms with Crippen LogP contribution in [0.3, 0.4) is 0 Å². The molecular formula is C21H23N3O2. The molecule has 5 heteroatoms. The molecule has 3 N–H and O–H groups in total. The Kier molecular flexibility index (Phi) is 6.51.